The van der Waals surface area contributed by atoms with Crippen molar-refractivity contribution in [3.05, 3.63) is 93.8 Å². The largest absolute Gasteiger partial charge is 0.497 e. The molecule has 1 aromatic heterocycles. The first-order chi connectivity index (χ1) is 17.5. The lowest BCUT2D eigenvalue weighted by Gasteiger charge is -2.26. The smallest absolute Gasteiger partial charge is 0.253 e. The molecule has 8 heteroatoms. The fourth-order valence-electron chi connectivity index (χ4n) is 4.10. The van der Waals surface area contributed by atoms with E-state index < -0.39 is 0 Å². The molecule has 0 unspecified atom stereocenters. The minimum Gasteiger partial charge on any atom is -0.497 e. The van der Waals surface area contributed by atoms with E-state index in [0.717, 1.165) is 22.4 Å². The summed E-state index contributed by atoms with van der Waals surface area (Å²) in [5.74, 6) is 2.09. The molecule has 0 amide bonds. The average Bonchev–Trinajstić information content (AvgIpc) is 2.89. The number of nitrogens with one attached hydrogen (secondary N) is 2. The summed E-state index contributed by atoms with van der Waals surface area (Å²) in [5, 5.41) is 4.69. The number of aryl methyl sites for hydroxylation is 1. The summed E-state index contributed by atoms with van der Waals surface area (Å²) in [5.41, 5.74) is 4.26. The number of ether oxygens (including phenoxy) is 3. The maximum Gasteiger partial charge on any atom is 0.253 e. The van der Waals surface area contributed by atoms with Crippen LogP contribution in [0.1, 0.15) is 16.7 Å². The van der Waals surface area contributed by atoms with Crippen LogP contribution in [0.4, 0.5) is 5.69 Å². The highest BCUT2D eigenvalue weighted by Gasteiger charge is 2.17. The standard InChI is InChI=1S/C28H27N3O4S/c1-18-3-5-19(6-4-18)16-31(28(36)29-22-7-9-23(33-2)10-8-22)17-21-13-20-14-25-26(35-12-11-34-25)15-24(20)30-27(21)32/h3-10,13-15H,11-12,16-17H2,1-2H3,(H,29,36)(H,30,32). The lowest BCUT2D eigenvalue weighted by Crippen LogP contribution is -2.35. The first kappa shape index (κ1) is 23.7. The Morgan fingerprint density at radius 1 is 1.00 bits per heavy atom. The van der Waals surface area contributed by atoms with Crippen LogP contribution in [-0.2, 0) is 13.1 Å². The monoisotopic (exact) mass is 501 g/mol. The molecule has 0 fully saturated rings. The molecule has 0 spiro atoms. The molecule has 0 aliphatic carbocycles. The van der Waals surface area contributed by atoms with Crippen molar-refractivity contribution in [3.8, 4) is 17.2 Å². The van der Waals surface area contributed by atoms with E-state index in [0.29, 0.717) is 54.0 Å². The second-order valence-electron chi connectivity index (χ2n) is 8.71. The van der Waals surface area contributed by atoms with Crippen LogP contribution >= 0.6 is 12.2 Å². The molecule has 1 aliphatic heterocycles. The number of H-pyrrole nitrogens is 1. The van der Waals surface area contributed by atoms with E-state index in [1.165, 1.54) is 5.56 Å². The maximum atomic E-state index is 13.1. The number of aromatic nitrogens is 1. The zero-order valence-corrected chi connectivity index (χ0v) is 21.0. The molecule has 5 rings (SSSR count). The average molecular weight is 502 g/mol. The number of benzene rings is 3. The third-order valence-corrected chi connectivity index (χ3v) is 6.43. The number of fused-ring (bicyclic) bond motifs is 2. The number of aromatic amines is 1. The topological polar surface area (TPSA) is 75.8 Å². The van der Waals surface area contributed by atoms with E-state index in [1.54, 1.807) is 7.11 Å². The van der Waals surface area contributed by atoms with Crippen LogP contribution in [0.2, 0.25) is 0 Å². The van der Waals surface area contributed by atoms with E-state index in [-0.39, 0.29) is 5.56 Å². The Morgan fingerprint density at radius 2 is 1.69 bits per heavy atom. The first-order valence-electron chi connectivity index (χ1n) is 11.7. The van der Waals surface area contributed by atoms with Crippen molar-refractivity contribution < 1.29 is 14.2 Å². The number of pyridine rings is 1. The van der Waals surface area contributed by atoms with Crippen molar-refractivity contribution in [2.75, 3.05) is 25.6 Å². The Bertz CT molecular complexity index is 1450. The highest BCUT2D eigenvalue weighted by Crippen LogP contribution is 2.33. The zero-order valence-electron chi connectivity index (χ0n) is 20.2. The summed E-state index contributed by atoms with van der Waals surface area (Å²) in [7, 11) is 1.63. The number of thiocarbonyl (C=S) groups is 1. The van der Waals surface area contributed by atoms with Gasteiger partial charge < -0.3 is 29.4 Å². The molecular formula is C28H27N3O4S. The first-order valence-corrected chi connectivity index (χ1v) is 12.1. The lowest BCUT2D eigenvalue weighted by molar-refractivity contribution is 0.172. The van der Waals surface area contributed by atoms with Crippen molar-refractivity contribution >= 4 is 33.9 Å². The van der Waals surface area contributed by atoms with Gasteiger partial charge in [-0.25, -0.2) is 0 Å². The molecule has 0 bridgehead atoms. The van der Waals surface area contributed by atoms with Crippen LogP contribution in [0.25, 0.3) is 10.9 Å². The number of methoxy groups -OCH3 is 1. The second-order valence-corrected chi connectivity index (χ2v) is 9.09. The van der Waals surface area contributed by atoms with Crippen LogP contribution in [-0.4, -0.2) is 35.3 Å². The van der Waals surface area contributed by atoms with Gasteiger partial charge in [0, 0.05) is 29.2 Å². The molecule has 0 atom stereocenters. The van der Waals surface area contributed by atoms with Crippen LogP contribution in [0.15, 0.2) is 71.5 Å². The van der Waals surface area contributed by atoms with Gasteiger partial charge in [0.25, 0.3) is 5.56 Å². The van der Waals surface area contributed by atoms with Crippen molar-refractivity contribution in [1.29, 1.82) is 0 Å². The van der Waals surface area contributed by atoms with Gasteiger partial charge >= 0.3 is 0 Å². The summed E-state index contributed by atoms with van der Waals surface area (Å²) in [4.78, 5) is 18.0. The minimum absolute atomic E-state index is 0.166. The molecule has 3 aromatic carbocycles. The van der Waals surface area contributed by atoms with Gasteiger partial charge in [-0.2, -0.15) is 0 Å². The molecule has 4 aromatic rings. The van der Waals surface area contributed by atoms with E-state index in [4.69, 9.17) is 26.4 Å². The summed E-state index contributed by atoms with van der Waals surface area (Å²) >= 11 is 5.80. The molecule has 1 aliphatic rings. The number of rotatable bonds is 6. The summed E-state index contributed by atoms with van der Waals surface area (Å²) < 4.78 is 16.6. The molecule has 0 radical (unpaired) electrons. The Hall–Kier alpha value is -4.04. The summed E-state index contributed by atoms with van der Waals surface area (Å²) in [6, 6.07) is 21.5. The normalized spacial score (nSPS) is 12.3. The second kappa shape index (κ2) is 10.3. The van der Waals surface area contributed by atoms with Crippen molar-refractivity contribution in [2.24, 2.45) is 0 Å². The fraction of sp³-hybridized carbons (Fsp3) is 0.214. The van der Waals surface area contributed by atoms with Crippen molar-refractivity contribution in [2.45, 2.75) is 20.0 Å². The fourth-order valence-corrected chi connectivity index (χ4v) is 4.35. The summed E-state index contributed by atoms with van der Waals surface area (Å²) in [6.45, 7) is 3.92. The van der Waals surface area contributed by atoms with Crippen LogP contribution in [0.5, 0.6) is 17.2 Å². The van der Waals surface area contributed by atoms with Gasteiger partial charge in [0.05, 0.1) is 19.2 Å². The van der Waals surface area contributed by atoms with Crippen molar-refractivity contribution in [3.63, 3.8) is 0 Å². The lowest BCUT2D eigenvalue weighted by atomic mass is 10.1. The molecule has 36 heavy (non-hydrogen) atoms. The summed E-state index contributed by atoms with van der Waals surface area (Å²) in [6.07, 6.45) is 0. The van der Waals surface area contributed by atoms with Gasteiger partial charge in [0.2, 0.25) is 0 Å². The van der Waals surface area contributed by atoms with Crippen LogP contribution < -0.4 is 25.1 Å². The Morgan fingerprint density at radius 3 is 2.39 bits per heavy atom. The van der Waals surface area contributed by atoms with E-state index in [9.17, 15) is 4.79 Å². The number of nitrogens with zero attached hydrogens (tertiary/aromatic N) is 1. The molecule has 0 saturated carbocycles. The van der Waals surface area contributed by atoms with Gasteiger partial charge in [-0.3, -0.25) is 4.79 Å². The maximum absolute atomic E-state index is 13.1. The van der Waals surface area contributed by atoms with Gasteiger partial charge in [-0.1, -0.05) is 29.8 Å². The predicted octanol–water partition coefficient (Wildman–Crippen LogP) is 5.02. The van der Waals surface area contributed by atoms with Gasteiger partial charge in [0.15, 0.2) is 16.6 Å². The molecule has 7 nitrogen and oxygen atoms in total. The number of anilines is 1. The quantitative estimate of drug-likeness (QED) is 0.360. The molecule has 2 N–H and O–H groups in total. The highest BCUT2D eigenvalue weighted by atomic mass is 32.1. The Balaban J connectivity index is 1.44. The Labute approximate surface area is 214 Å². The number of hydrogen-bond acceptors (Lipinski definition) is 5. The molecular weight excluding hydrogens is 474 g/mol. The SMILES string of the molecule is COc1ccc(NC(=S)N(Cc2ccc(C)cc2)Cc2cc3cc4c(cc3[nH]c2=O)OCCO4)cc1. The van der Waals surface area contributed by atoms with Gasteiger partial charge in [-0.05, 0) is 61.1 Å². The Kier molecular flexibility index (Phi) is 6.77. The molecule has 184 valence electrons. The van der Waals surface area contributed by atoms with Crippen molar-refractivity contribution in [1.82, 2.24) is 9.88 Å². The van der Waals surface area contributed by atoms with Crippen LogP contribution in [0.3, 0.4) is 0 Å². The zero-order chi connectivity index (χ0) is 25.1. The number of hydrogen-bond donors (Lipinski definition) is 2. The van der Waals surface area contributed by atoms with Gasteiger partial charge in [0.1, 0.15) is 19.0 Å². The van der Waals surface area contributed by atoms with E-state index in [1.807, 2.05) is 47.4 Å². The minimum atomic E-state index is -0.166. The third-order valence-electron chi connectivity index (χ3n) is 6.07. The van der Waals surface area contributed by atoms with Crippen LogP contribution in [0, 0.1) is 6.92 Å². The van der Waals surface area contributed by atoms with Gasteiger partial charge in [-0.15, -0.1) is 0 Å². The third kappa shape index (κ3) is 5.28. The van der Waals surface area contributed by atoms with E-state index >= 15 is 0 Å². The molecule has 0 saturated heterocycles. The highest BCUT2D eigenvalue weighted by molar-refractivity contribution is 7.80. The van der Waals surface area contributed by atoms with E-state index in [2.05, 4.69) is 41.5 Å². The molecule has 2 heterocycles. The predicted molar refractivity (Wildman–Crippen MR) is 145 cm³/mol.